The Morgan fingerprint density at radius 3 is 3.04 bits per heavy atom. The minimum absolute atomic E-state index is 0.0926. The minimum Gasteiger partial charge on any atom is -0.294 e. The van der Waals surface area contributed by atoms with Crippen molar-refractivity contribution in [1.29, 1.82) is 0 Å². The molecule has 3 unspecified atom stereocenters. The molecule has 0 N–H and O–H groups in total. The molecule has 4 rings (SSSR count). The fourth-order valence-corrected chi connectivity index (χ4v) is 4.07. The second-order valence-electron chi connectivity index (χ2n) is 6.72. The number of aromatic nitrogens is 1. The van der Waals surface area contributed by atoms with Crippen molar-refractivity contribution in [3.63, 3.8) is 0 Å². The number of hydrogen-bond donors (Lipinski definition) is 0. The van der Waals surface area contributed by atoms with E-state index in [4.69, 9.17) is 4.99 Å². The third-order valence-electron chi connectivity index (χ3n) is 5.48. The van der Waals surface area contributed by atoms with E-state index in [1.54, 1.807) is 12.4 Å². The van der Waals surface area contributed by atoms with Gasteiger partial charge in [0.1, 0.15) is 0 Å². The molecule has 2 heterocycles. The molecule has 3 nitrogen and oxygen atoms in total. The Morgan fingerprint density at radius 2 is 2.33 bits per heavy atom. The summed E-state index contributed by atoms with van der Waals surface area (Å²) in [6, 6.07) is 3.66. The standard InChI is InChI=1S/C21H20N2O/c1-3-14(4-2)18-13-23-20-17(18)8-7-16-10-21(16,20)11-19(24)15-6-5-9-22-12-15/h3-9,12-13,16-17H,1,10-11H2,2H3/b14-4+. The van der Waals surface area contributed by atoms with Crippen molar-refractivity contribution in [1.82, 2.24) is 4.98 Å². The van der Waals surface area contributed by atoms with Crippen LogP contribution in [0.3, 0.4) is 0 Å². The summed E-state index contributed by atoms with van der Waals surface area (Å²) in [7, 11) is 0. The summed E-state index contributed by atoms with van der Waals surface area (Å²) in [5.74, 6) is 0.791. The zero-order valence-corrected chi connectivity index (χ0v) is 13.8. The fourth-order valence-electron chi connectivity index (χ4n) is 4.07. The normalized spacial score (nSPS) is 30.1. The summed E-state index contributed by atoms with van der Waals surface area (Å²) in [5, 5.41) is 0. The number of Topliss-reactive ketones (excluding diaryl/α,β-unsaturated/α-hetero) is 1. The topological polar surface area (TPSA) is 42.3 Å². The highest BCUT2D eigenvalue weighted by Crippen LogP contribution is 2.63. The molecule has 120 valence electrons. The van der Waals surface area contributed by atoms with Crippen molar-refractivity contribution >= 4 is 11.5 Å². The van der Waals surface area contributed by atoms with Crippen LogP contribution >= 0.6 is 0 Å². The van der Waals surface area contributed by atoms with Crippen molar-refractivity contribution in [3.05, 3.63) is 78.3 Å². The lowest BCUT2D eigenvalue weighted by atomic mass is 9.76. The predicted octanol–water partition coefficient (Wildman–Crippen LogP) is 4.32. The van der Waals surface area contributed by atoms with Crippen LogP contribution in [-0.2, 0) is 0 Å². The summed E-state index contributed by atoms with van der Waals surface area (Å²) >= 11 is 0. The summed E-state index contributed by atoms with van der Waals surface area (Å²) in [6.07, 6.45) is 15.3. The largest absolute Gasteiger partial charge is 0.294 e. The van der Waals surface area contributed by atoms with Crippen molar-refractivity contribution in [2.24, 2.45) is 22.2 Å². The molecule has 24 heavy (non-hydrogen) atoms. The van der Waals surface area contributed by atoms with E-state index in [9.17, 15) is 4.79 Å². The second-order valence-corrected chi connectivity index (χ2v) is 6.72. The van der Waals surface area contributed by atoms with Crippen molar-refractivity contribution in [2.45, 2.75) is 19.8 Å². The molecule has 1 aromatic heterocycles. The van der Waals surface area contributed by atoms with Gasteiger partial charge in [0.2, 0.25) is 0 Å². The van der Waals surface area contributed by atoms with Gasteiger partial charge in [-0.05, 0) is 42.5 Å². The average molecular weight is 316 g/mol. The third-order valence-corrected chi connectivity index (χ3v) is 5.48. The molecule has 3 aliphatic rings. The Morgan fingerprint density at radius 1 is 1.46 bits per heavy atom. The smallest absolute Gasteiger partial charge is 0.165 e. The monoisotopic (exact) mass is 316 g/mol. The zero-order chi connectivity index (χ0) is 16.7. The molecule has 0 radical (unpaired) electrons. The van der Waals surface area contributed by atoms with E-state index in [2.05, 4.69) is 29.8 Å². The number of hydrogen-bond acceptors (Lipinski definition) is 3. The summed E-state index contributed by atoms with van der Waals surface area (Å²) < 4.78 is 0. The third kappa shape index (κ3) is 2.15. The van der Waals surface area contributed by atoms with Gasteiger partial charge in [-0.2, -0.15) is 0 Å². The first-order chi connectivity index (χ1) is 11.7. The SMILES string of the molecule is C=C/C(=C\C)C1=CN=C2C1C=CC1CC21CC(=O)c1cccnc1. The van der Waals surface area contributed by atoms with E-state index >= 15 is 0 Å². The van der Waals surface area contributed by atoms with Crippen LogP contribution in [0, 0.1) is 17.3 Å². The molecule has 0 bridgehead atoms. The lowest BCUT2D eigenvalue weighted by Crippen LogP contribution is -2.29. The number of rotatable bonds is 5. The summed E-state index contributed by atoms with van der Waals surface area (Å²) in [4.78, 5) is 21.5. The van der Waals surface area contributed by atoms with Gasteiger partial charge >= 0.3 is 0 Å². The van der Waals surface area contributed by atoms with Gasteiger partial charge in [-0.25, -0.2) is 0 Å². The van der Waals surface area contributed by atoms with Gasteiger partial charge in [-0.15, -0.1) is 0 Å². The molecule has 1 aromatic rings. The van der Waals surface area contributed by atoms with E-state index in [1.165, 1.54) is 5.57 Å². The number of aliphatic imine (C=N–C) groups is 1. The van der Waals surface area contributed by atoms with Crippen LogP contribution in [0.2, 0.25) is 0 Å². The molecule has 0 spiro atoms. The first-order valence-corrected chi connectivity index (χ1v) is 8.38. The zero-order valence-electron chi connectivity index (χ0n) is 13.8. The second kappa shape index (κ2) is 5.52. The number of ketones is 1. The Bertz CT molecular complexity index is 829. The molecule has 0 amide bonds. The Kier molecular flexibility index (Phi) is 3.45. The first-order valence-electron chi connectivity index (χ1n) is 8.38. The van der Waals surface area contributed by atoms with Gasteiger partial charge < -0.3 is 0 Å². The quantitative estimate of drug-likeness (QED) is 0.461. The lowest BCUT2D eigenvalue weighted by molar-refractivity contribution is 0.0965. The number of allylic oxidation sites excluding steroid dienone is 6. The Hall–Kier alpha value is -2.55. The highest BCUT2D eigenvalue weighted by Gasteiger charge is 2.61. The van der Waals surface area contributed by atoms with Crippen LogP contribution in [0.5, 0.6) is 0 Å². The van der Waals surface area contributed by atoms with Gasteiger partial charge in [-0.1, -0.05) is 30.9 Å². The van der Waals surface area contributed by atoms with Crippen LogP contribution in [0.1, 0.15) is 30.1 Å². The molecule has 0 aromatic carbocycles. The summed E-state index contributed by atoms with van der Waals surface area (Å²) in [5.41, 5.74) is 4.07. The van der Waals surface area contributed by atoms with Gasteiger partial charge in [0.05, 0.1) is 0 Å². The number of fused-ring (bicyclic) bond motifs is 3. The van der Waals surface area contributed by atoms with Crippen LogP contribution in [0.4, 0.5) is 0 Å². The maximum absolute atomic E-state index is 12.7. The van der Waals surface area contributed by atoms with Crippen LogP contribution < -0.4 is 0 Å². The average Bonchev–Trinajstić information content (AvgIpc) is 3.17. The molecule has 1 fully saturated rings. The van der Waals surface area contributed by atoms with Crippen molar-refractivity contribution in [3.8, 4) is 0 Å². The predicted molar refractivity (Wildman–Crippen MR) is 95.8 cm³/mol. The summed E-state index contributed by atoms with van der Waals surface area (Å²) in [6.45, 7) is 5.92. The number of carbonyl (C=O) groups is 1. The van der Waals surface area contributed by atoms with Crippen molar-refractivity contribution < 1.29 is 4.79 Å². The number of carbonyl (C=O) groups excluding carboxylic acids is 1. The molecule has 1 saturated carbocycles. The van der Waals surface area contributed by atoms with E-state index in [-0.39, 0.29) is 17.1 Å². The Balaban J connectivity index is 1.60. The molecule has 1 aliphatic heterocycles. The lowest BCUT2D eigenvalue weighted by Gasteiger charge is -2.26. The van der Waals surface area contributed by atoms with E-state index in [0.29, 0.717) is 17.9 Å². The molecule has 3 heteroatoms. The van der Waals surface area contributed by atoms with Crippen LogP contribution in [-0.4, -0.2) is 16.5 Å². The highest BCUT2D eigenvalue weighted by molar-refractivity contribution is 6.07. The molecule has 0 saturated heterocycles. The van der Waals surface area contributed by atoms with Gasteiger partial charge in [0.25, 0.3) is 0 Å². The Labute approximate surface area is 142 Å². The van der Waals surface area contributed by atoms with Crippen LogP contribution in [0.15, 0.2) is 77.7 Å². The molecule has 2 aliphatic carbocycles. The maximum atomic E-state index is 12.7. The van der Waals surface area contributed by atoms with Gasteiger partial charge in [-0.3, -0.25) is 14.8 Å². The van der Waals surface area contributed by atoms with Crippen molar-refractivity contribution in [2.75, 3.05) is 0 Å². The fraction of sp³-hybridized carbons (Fsp3) is 0.286. The number of nitrogens with zero attached hydrogens (tertiary/aromatic N) is 2. The van der Waals surface area contributed by atoms with E-state index in [0.717, 1.165) is 17.7 Å². The van der Waals surface area contributed by atoms with Gasteiger partial charge in [0, 0.05) is 47.6 Å². The number of pyridine rings is 1. The maximum Gasteiger partial charge on any atom is 0.165 e. The molecular weight excluding hydrogens is 296 g/mol. The minimum atomic E-state index is -0.0926. The molecular formula is C21H20N2O. The van der Waals surface area contributed by atoms with Gasteiger partial charge in [0.15, 0.2) is 5.78 Å². The van der Waals surface area contributed by atoms with E-state index < -0.39 is 0 Å². The van der Waals surface area contributed by atoms with E-state index in [1.807, 2.05) is 31.3 Å². The molecule has 3 atom stereocenters. The van der Waals surface area contributed by atoms with Crippen LogP contribution in [0.25, 0.3) is 0 Å². The first kappa shape index (κ1) is 15.0. The highest BCUT2D eigenvalue weighted by atomic mass is 16.1.